The Kier molecular flexibility index (Phi) is 9.51. The fourth-order valence-electron chi connectivity index (χ4n) is 4.08. The Hall–Kier alpha value is -3.41. The molecule has 0 aliphatic heterocycles. The summed E-state index contributed by atoms with van der Waals surface area (Å²) in [5.41, 5.74) is 3.93. The molecule has 0 aliphatic rings. The van der Waals surface area contributed by atoms with Gasteiger partial charge in [0.1, 0.15) is 16.4 Å². The van der Waals surface area contributed by atoms with Gasteiger partial charge in [0.2, 0.25) is 22.5 Å². The topological polar surface area (TPSA) is 74.7 Å². The van der Waals surface area contributed by atoms with Crippen molar-refractivity contribution < 1.29 is 21.5 Å². The van der Waals surface area contributed by atoms with Gasteiger partial charge in [-0.15, -0.1) is 0 Å². The van der Waals surface area contributed by atoms with Crippen molar-refractivity contribution in [2.75, 3.05) is 0 Å². The quantitative estimate of drug-likeness (QED) is 0.131. The van der Waals surface area contributed by atoms with Crippen LogP contribution in [0.25, 0.3) is 22.4 Å². The molecule has 0 bridgehead atoms. The van der Waals surface area contributed by atoms with Gasteiger partial charge in [-0.2, -0.15) is 8.42 Å². The second kappa shape index (κ2) is 12.4. The average molecular weight is 662 g/mol. The first kappa shape index (κ1) is 34.5. The van der Waals surface area contributed by atoms with Crippen LogP contribution in [0.1, 0.15) is 47.1 Å². The Morgan fingerprint density at radius 1 is 0.622 bits per heavy atom. The van der Waals surface area contributed by atoms with Crippen LogP contribution in [-0.2, 0) is 10.1 Å². The number of aryl methyl sites for hydroxylation is 1. The smallest absolute Gasteiger partial charge is 0.340 e. The molecule has 0 aliphatic carbocycles. The van der Waals surface area contributed by atoms with E-state index in [9.17, 15) is 8.42 Å². The first-order chi connectivity index (χ1) is 20.7. The van der Waals surface area contributed by atoms with Crippen molar-refractivity contribution in [2.45, 2.75) is 89.6 Å². The Labute approximate surface area is 272 Å². The Bertz CT molecular complexity index is 1680. The van der Waals surface area contributed by atoms with Crippen LogP contribution in [0.2, 0.25) is 36.3 Å². The van der Waals surface area contributed by atoms with Gasteiger partial charge in [0.25, 0.3) is 0 Å². The number of pyridine rings is 1. The summed E-state index contributed by atoms with van der Waals surface area (Å²) in [7, 11) is -8.30. The van der Waals surface area contributed by atoms with Crippen LogP contribution in [-0.4, -0.2) is 30.0 Å². The van der Waals surface area contributed by atoms with Crippen molar-refractivity contribution in [1.82, 2.24) is 4.98 Å². The van der Waals surface area contributed by atoms with Crippen LogP contribution < -0.4 is 13.0 Å². The van der Waals surface area contributed by atoms with Gasteiger partial charge >= 0.3 is 10.1 Å². The number of rotatable bonds is 9. The lowest BCUT2D eigenvalue weighted by Crippen LogP contribution is -2.43. The summed E-state index contributed by atoms with van der Waals surface area (Å²) >= 11 is 0. The summed E-state index contributed by atoms with van der Waals surface area (Å²) in [5, 5.41) is 0.0692. The fourth-order valence-corrected chi connectivity index (χ4v) is 7.00. The minimum atomic E-state index is -4.13. The molecular weight excluding hydrogens is 615 g/mol. The van der Waals surface area contributed by atoms with Crippen molar-refractivity contribution in [1.29, 1.82) is 0 Å². The van der Waals surface area contributed by atoms with E-state index in [0.717, 1.165) is 33.8 Å². The Morgan fingerprint density at radius 2 is 1.11 bits per heavy atom. The van der Waals surface area contributed by atoms with Gasteiger partial charge in [-0.3, -0.25) is 0 Å². The first-order valence-corrected chi connectivity index (χ1v) is 22.5. The second-order valence-corrected chi connectivity index (χ2v) is 25.7. The summed E-state index contributed by atoms with van der Waals surface area (Å²) in [6.45, 7) is 24.0. The zero-order valence-electron chi connectivity index (χ0n) is 28.5. The highest BCUT2D eigenvalue weighted by atomic mass is 32.2. The van der Waals surface area contributed by atoms with Gasteiger partial charge in [-0.25, -0.2) is 4.98 Å². The second-order valence-electron chi connectivity index (χ2n) is 14.7. The van der Waals surface area contributed by atoms with E-state index in [1.165, 1.54) is 0 Å². The molecule has 0 spiro atoms. The molecular formula is C36H47NO5SSi2. The maximum atomic E-state index is 13.3. The Balaban J connectivity index is 1.81. The van der Waals surface area contributed by atoms with Crippen LogP contribution in [0.4, 0.5) is 0 Å². The highest BCUT2D eigenvalue weighted by Gasteiger charge is 2.40. The van der Waals surface area contributed by atoms with Crippen LogP contribution in [0, 0.1) is 6.92 Å². The highest BCUT2D eigenvalue weighted by Crippen LogP contribution is 2.40. The molecule has 0 unspecified atom stereocenters. The van der Waals surface area contributed by atoms with E-state index in [-0.39, 0.29) is 20.9 Å². The van der Waals surface area contributed by atoms with Crippen molar-refractivity contribution in [3.05, 3.63) is 90.5 Å². The van der Waals surface area contributed by atoms with Gasteiger partial charge in [0.05, 0.1) is 5.69 Å². The molecule has 45 heavy (non-hydrogen) atoms. The standard InChI is InChI=1S/C36H47NO5SSi2/c1-26-18-20-32(21-19-26)43(38,39)40-34-25-29(27-14-12-16-30(22-27)41-44(8,9)35(2,3)4)24-33(37-34)28-15-13-17-31(23-28)42-45(10,11)36(5,6)7/h12-25H,1-11H3. The van der Waals surface area contributed by atoms with Crippen LogP contribution >= 0.6 is 0 Å². The van der Waals surface area contributed by atoms with E-state index in [4.69, 9.17) is 13.0 Å². The summed E-state index contributed by atoms with van der Waals surface area (Å²) < 4.78 is 45.5. The van der Waals surface area contributed by atoms with Crippen molar-refractivity contribution in [3.63, 3.8) is 0 Å². The first-order valence-electron chi connectivity index (χ1n) is 15.3. The monoisotopic (exact) mass is 661 g/mol. The average Bonchev–Trinajstić information content (AvgIpc) is 2.91. The normalized spacial score (nSPS) is 13.0. The molecule has 0 radical (unpaired) electrons. The molecule has 0 N–H and O–H groups in total. The molecule has 4 rings (SSSR count). The molecule has 4 aromatic rings. The predicted molar refractivity (Wildman–Crippen MR) is 190 cm³/mol. The molecule has 6 nitrogen and oxygen atoms in total. The molecule has 3 aromatic carbocycles. The van der Waals surface area contributed by atoms with Gasteiger partial charge in [0, 0.05) is 11.6 Å². The largest absolute Gasteiger partial charge is 0.543 e. The van der Waals surface area contributed by atoms with E-state index < -0.39 is 26.8 Å². The molecule has 0 fully saturated rings. The van der Waals surface area contributed by atoms with Crippen LogP contribution in [0.3, 0.4) is 0 Å². The Morgan fingerprint density at radius 3 is 1.62 bits per heavy atom. The molecule has 0 saturated heterocycles. The maximum Gasteiger partial charge on any atom is 0.340 e. The molecule has 1 aromatic heterocycles. The third kappa shape index (κ3) is 8.25. The molecule has 1 heterocycles. The number of hydrogen-bond donors (Lipinski definition) is 0. The van der Waals surface area contributed by atoms with Crippen molar-refractivity contribution in [3.8, 4) is 39.8 Å². The molecule has 240 valence electrons. The third-order valence-corrected chi connectivity index (χ3v) is 18.9. The molecule has 9 heteroatoms. The lowest BCUT2D eigenvalue weighted by Gasteiger charge is -2.36. The van der Waals surface area contributed by atoms with Crippen LogP contribution in [0.15, 0.2) is 89.8 Å². The van der Waals surface area contributed by atoms with Crippen LogP contribution in [0.5, 0.6) is 17.4 Å². The van der Waals surface area contributed by atoms with E-state index in [0.29, 0.717) is 5.69 Å². The molecule has 0 saturated carbocycles. The number of aromatic nitrogens is 1. The van der Waals surface area contributed by atoms with Gasteiger partial charge in [-0.05, 0) is 96.8 Å². The minimum Gasteiger partial charge on any atom is -0.543 e. The van der Waals surface area contributed by atoms with Gasteiger partial charge in [0.15, 0.2) is 0 Å². The van der Waals surface area contributed by atoms with E-state index in [2.05, 4.69) is 72.7 Å². The molecule has 0 amide bonds. The number of nitrogens with zero attached hydrogens (tertiary/aromatic N) is 1. The zero-order chi connectivity index (χ0) is 33.4. The van der Waals surface area contributed by atoms with E-state index in [1.54, 1.807) is 30.3 Å². The number of hydrogen-bond acceptors (Lipinski definition) is 6. The predicted octanol–water partition coefficient (Wildman–Crippen LogP) is 10.3. The van der Waals surface area contributed by atoms with Crippen molar-refractivity contribution >= 4 is 26.8 Å². The maximum absolute atomic E-state index is 13.3. The summed E-state index contributed by atoms with van der Waals surface area (Å²) in [6, 6.07) is 25.9. The SMILES string of the molecule is Cc1ccc(S(=O)(=O)Oc2cc(-c3cccc(O[Si](C)(C)C(C)(C)C)c3)cc(-c3cccc(O[Si](C)(C)C(C)(C)C)c3)n2)cc1. The zero-order valence-corrected chi connectivity index (χ0v) is 31.3. The summed E-state index contributed by atoms with van der Waals surface area (Å²) in [4.78, 5) is 4.75. The van der Waals surface area contributed by atoms with E-state index >= 15 is 0 Å². The molecule has 0 atom stereocenters. The lowest BCUT2D eigenvalue weighted by atomic mass is 10.0. The minimum absolute atomic E-state index is 0.0190. The summed E-state index contributed by atoms with van der Waals surface area (Å²) in [5.74, 6) is 1.51. The third-order valence-electron chi connectivity index (χ3n) is 8.96. The lowest BCUT2D eigenvalue weighted by molar-refractivity contribution is 0.476. The highest BCUT2D eigenvalue weighted by molar-refractivity contribution is 7.87. The number of benzene rings is 3. The van der Waals surface area contributed by atoms with Crippen molar-refractivity contribution in [2.24, 2.45) is 0 Å². The van der Waals surface area contributed by atoms with Gasteiger partial charge < -0.3 is 13.0 Å². The summed E-state index contributed by atoms with van der Waals surface area (Å²) in [6.07, 6.45) is 0. The van der Waals surface area contributed by atoms with E-state index in [1.807, 2.05) is 61.5 Å². The fraction of sp³-hybridized carbons (Fsp3) is 0.361. The van der Waals surface area contributed by atoms with Gasteiger partial charge in [-0.1, -0.05) is 83.5 Å².